The van der Waals surface area contributed by atoms with Gasteiger partial charge in [-0.2, -0.15) is 0 Å². The van der Waals surface area contributed by atoms with Gasteiger partial charge in [-0.3, -0.25) is 4.68 Å². The van der Waals surface area contributed by atoms with Gasteiger partial charge in [0, 0.05) is 16.6 Å². The summed E-state index contributed by atoms with van der Waals surface area (Å²) in [6, 6.07) is 8.41. The summed E-state index contributed by atoms with van der Waals surface area (Å²) in [5, 5.41) is 15.7. The molecule has 1 aromatic carbocycles. The van der Waals surface area contributed by atoms with Crippen LogP contribution >= 0.6 is 11.8 Å². The molecule has 0 aliphatic carbocycles. The average Bonchev–Trinajstić information content (AvgIpc) is 3.06. The van der Waals surface area contributed by atoms with Gasteiger partial charge in [0.1, 0.15) is 6.33 Å². The lowest BCUT2D eigenvalue weighted by molar-refractivity contribution is 0.318. The molecule has 1 aliphatic heterocycles. The van der Waals surface area contributed by atoms with Gasteiger partial charge in [0.05, 0.1) is 6.54 Å². The van der Waals surface area contributed by atoms with Gasteiger partial charge in [-0.05, 0) is 11.6 Å². The Kier molecular flexibility index (Phi) is 3.12. The van der Waals surface area contributed by atoms with Gasteiger partial charge in [0.15, 0.2) is 0 Å². The summed E-state index contributed by atoms with van der Waals surface area (Å²) >= 11 is 1.86. The Morgan fingerprint density at radius 3 is 3.21 bits per heavy atom. The van der Waals surface area contributed by atoms with Crippen LogP contribution in [-0.4, -0.2) is 31.6 Å². The van der Waals surface area contributed by atoms with Gasteiger partial charge < -0.3 is 10.9 Å². The van der Waals surface area contributed by atoms with E-state index in [0.29, 0.717) is 5.92 Å². The predicted octanol–water partition coefficient (Wildman–Crippen LogP) is 1.26. The smallest absolute Gasteiger partial charge is 0.219 e. The molecule has 19 heavy (non-hydrogen) atoms. The van der Waals surface area contributed by atoms with Crippen molar-refractivity contribution in [3.63, 3.8) is 0 Å². The van der Waals surface area contributed by atoms with Crippen molar-refractivity contribution in [2.75, 3.05) is 5.75 Å². The van der Waals surface area contributed by atoms with E-state index in [-0.39, 0.29) is 11.7 Å². The summed E-state index contributed by atoms with van der Waals surface area (Å²) in [6.45, 7) is 0.746. The summed E-state index contributed by atoms with van der Waals surface area (Å²) in [5.74, 6) is 1.64. The summed E-state index contributed by atoms with van der Waals surface area (Å²) in [6.07, 6.45) is 1.61. The van der Waals surface area contributed by atoms with Crippen molar-refractivity contribution in [1.29, 1.82) is 0 Å². The first-order chi connectivity index (χ1) is 9.28. The molecule has 0 amide bonds. The molecule has 98 valence electrons. The van der Waals surface area contributed by atoms with Crippen molar-refractivity contribution in [1.82, 2.24) is 14.8 Å². The third-order valence-electron chi connectivity index (χ3n) is 3.08. The molecule has 3 N–H and O–H groups in total. The highest BCUT2D eigenvalue weighted by molar-refractivity contribution is 7.99. The van der Waals surface area contributed by atoms with E-state index in [4.69, 9.17) is 10.9 Å². The van der Waals surface area contributed by atoms with Crippen molar-refractivity contribution in [3.8, 4) is 0 Å². The van der Waals surface area contributed by atoms with E-state index >= 15 is 0 Å². The monoisotopic (exact) mass is 275 g/mol. The first-order valence-electron chi connectivity index (χ1n) is 5.87. The Bertz CT molecular complexity index is 624. The van der Waals surface area contributed by atoms with Crippen LogP contribution in [0.25, 0.3) is 0 Å². The number of nitrogens with two attached hydrogens (primary N) is 1. The van der Waals surface area contributed by atoms with Crippen molar-refractivity contribution < 1.29 is 5.21 Å². The first kappa shape index (κ1) is 12.0. The van der Waals surface area contributed by atoms with E-state index < -0.39 is 0 Å². The molecule has 2 heterocycles. The van der Waals surface area contributed by atoms with Crippen LogP contribution < -0.4 is 5.73 Å². The van der Waals surface area contributed by atoms with Gasteiger partial charge in [0.25, 0.3) is 0 Å². The second-order valence-electron chi connectivity index (χ2n) is 4.32. The highest BCUT2D eigenvalue weighted by atomic mass is 32.2. The van der Waals surface area contributed by atoms with Crippen LogP contribution in [0.1, 0.15) is 17.3 Å². The number of hydrogen-bond acceptors (Lipinski definition) is 5. The van der Waals surface area contributed by atoms with Gasteiger partial charge >= 0.3 is 0 Å². The van der Waals surface area contributed by atoms with E-state index in [0.717, 1.165) is 12.3 Å². The molecule has 0 radical (unpaired) electrons. The summed E-state index contributed by atoms with van der Waals surface area (Å²) < 4.78 is 1.74. The molecule has 0 bridgehead atoms. The second-order valence-corrected chi connectivity index (χ2v) is 5.38. The Morgan fingerprint density at radius 2 is 2.37 bits per heavy atom. The molecule has 6 nitrogen and oxygen atoms in total. The van der Waals surface area contributed by atoms with Crippen LogP contribution in [0, 0.1) is 0 Å². The van der Waals surface area contributed by atoms with Gasteiger partial charge in [-0.1, -0.05) is 23.4 Å². The topological polar surface area (TPSA) is 89.3 Å². The molecule has 0 spiro atoms. The Balaban J connectivity index is 1.78. The number of rotatable bonds is 3. The van der Waals surface area contributed by atoms with Crippen LogP contribution in [0.4, 0.5) is 0 Å². The molecule has 0 fully saturated rings. The fraction of sp³-hybridized carbons (Fsp3) is 0.250. The second kappa shape index (κ2) is 4.93. The number of fused-ring (bicyclic) bond motifs is 1. The maximum Gasteiger partial charge on any atom is 0.219 e. The van der Waals surface area contributed by atoms with Crippen LogP contribution in [0.5, 0.6) is 0 Å². The zero-order valence-corrected chi connectivity index (χ0v) is 10.9. The maximum atomic E-state index is 8.58. The van der Waals surface area contributed by atoms with Crippen LogP contribution in [-0.2, 0) is 6.54 Å². The lowest BCUT2D eigenvalue weighted by Gasteiger charge is -2.09. The van der Waals surface area contributed by atoms with E-state index in [1.807, 2.05) is 11.8 Å². The number of thioether (sulfide) groups is 1. The minimum Gasteiger partial charge on any atom is -0.409 e. The molecule has 7 heteroatoms. The van der Waals surface area contributed by atoms with Crippen molar-refractivity contribution in [2.24, 2.45) is 10.9 Å². The van der Waals surface area contributed by atoms with Crippen molar-refractivity contribution >= 4 is 17.6 Å². The van der Waals surface area contributed by atoms with Gasteiger partial charge in [0.2, 0.25) is 11.7 Å². The third-order valence-corrected chi connectivity index (χ3v) is 4.33. The van der Waals surface area contributed by atoms with Gasteiger partial charge in [-0.15, -0.1) is 16.9 Å². The molecule has 1 aromatic heterocycles. The standard InChI is InChI=1S/C12H13N5OS/c13-11(16-18)12-14-7-17(15-12)5-8-6-19-10-4-2-1-3-9(8)10/h1-4,7-8,18H,5-6H2,(H2,13,16). The molecule has 0 saturated carbocycles. The highest BCUT2D eigenvalue weighted by Crippen LogP contribution is 2.39. The Morgan fingerprint density at radius 1 is 1.53 bits per heavy atom. The molecular weight excluding hydrogens is 262 g/mol. The Hall–Kier alpha value is -2.02. The quantitative estimate of drug-likeness (QED) is 0.381. The van der Waals surface area contributed by atoms with E-state index in [1.165, 1.54) is 10.5 Å². The lowest BCUT2D eigenvalue weighted by atomic mass is 10.0. The SMILES string of the molecule is NC(=NO)c1ncn(CC2CSc3ccccc32)n1. The van der Waals surface area contributed by atoms with E-state index in [9.17, 15) is 0 Å². The molecule has 0 saturated heterocycles. The molecule has 1 atom stereocenters. The highest BCUT2D eigenvalue weighted by Gasteiger charge is 2.23. The fourth-order valence-electron chi connectivity index (χ4n) is 2.15. The van der Waals surface area contributed by atoms with Crippen LogP contribution in [0.15, 0.2) is 40.6 Å². The fourth-order valence-corrected chi connectivity index (χ4v) is 3.39. The number of hydrogen-bond donors (Lipinski definition) is 2. The zero-order chi connectivity index (χ0) is 13.2. The number of aromatic nitrogens is 3. The molecule has 2 aromatic rings. The molecular formula is C12H13N5OS. The normalized spacial score (nSPS) is 18.5. The largest absolute Gasteiger partial charge is 0.409 e. The lowest BCUT2D eigenvalue weighted by Crippen LogP contribution is -2.16. The summed E-state index contributed by atoms with van der Waals surface area (Å²) in [4.78, 5) is 5.35. The summed E-state index contributed by atoms with van der Waals surface area (Å²) in [5.41, 5.74) is 6.80. The minimum absolute atomic E-state index is 0.0695. The van der Waals surface area contributed by atoms with E-state index in [2.05, 4.69) is 39.5 Å². The minimum atomic E-state index is -0.0695. The van der Waals surface area contributed by atoms with Gasteiger partial charge in [-0.25, -0.2) is 4.98 Å². The molecule has 1 unspecified atom stereocenters. The third kappa shape index (κ3) is 2.28. The first-order valence-corrected chi connectivity index (χ1v) is 6.85. The van der Waals surface area contributed by atoms with Crippen LogP contribution in [0.2, 0.25) is 0 Å². The molecule has 1 aliphatic rings. The maximum absolute atomic E-state index is 8.58. The number of oxime groups is 1. The number of nitrogens with zero attached hydrogens (tertiary/aromatic N) is 4. The average molecular weight is 275 g/mol. The van der Waals surface area contributed by atoms with Crippen molar-refractivity contribution in [3.05, 3.63) is 42.0 Å². The summed E-state index contributed by atoms with van der Waals surface area (Å²) in [7, 11) is 0. The van der Waals surface area contributed by atoms with E-state index in [1.54, 1.807) is 11.0 Å². The number of benzene rings is 1. The van der Waals surface area contributed by atoms with Crippen molar-refractivity contribution in [2.45, 2.75) is 17.4 Å². The number of amidine groups is 1. The molecule has 3 rings (SSSR count). The predicted molar refractivity (Wildman–Crippen MR) is 72.4 cm³/mol. The van der Waals surface area contributed by atoms with Crippen LogP contribution in [0.3, 0.4) is 0 Å². The Labute approximate surface area is 114 Å². The zero-order valence-electron chi connectivity index (χ0n) is 10.1.